The van der Waals surface area contributed by atoms with Crippen molar-refractivity contribution in [1.29, 1.82) is 0 Å². The van der Waals surface area contributed by atoms with E-state index in [9.17, 15) is 43.5 Å². The van der Waals surface area contributed by atoms with Crippen molar-refractivity contribution < 1.29 is 71.0 Å². The normalized spacial score (nSPS) is 22.4. The summed E-state index contributed by atoms with van der Waals surface area (Å²) in [6.07, 6.45) is 33.4. The molecule has 0 bridgehead atoms. The zero-order chi connectivity index (χ0) is 51.7. The van der Waals surface area contributed by atoms with Crippen LogP contribution < -0.4 is 11.4 Å². The quantitative estimate of drug-likeness (QED) is 0.0134. The summed E-state index contributed by atoms with van der Waals surface area (Å²) in [5.41, 5.74) is 4.59. The van der Waals surface area contributed by atoms with Crippen LogP contribution in [0.2, 0.25) is 0 Å². The number of nitrogen functional groups attached to an aromatic ring is 1. The summed E-state index contributed by atoms with van der Waals surface area (Å²) in [5, 5.41) is 20.9. The van der Waals surface area contributed by atoms with Crippen LogP contribution in [0.25, 0.3) is 0 Å². The summed E-state index contributed by atoms with van der Waals surface area (Å²) in [6.45, 7) is 2.05. The van der Waals surface area contributed by atoms with Gasteiger partial charge in [-0.15, -0.1) is 0 Å². The Balaban J connectivity index is 1.41. The lowest BCUT2D eigenvalue weighted by molar-refractivity contribution is -0.161. The molecule has 2 aliphatic rings. The molecule has 0 aliphatic carbocycles. The second-order valence-corrected chi connectivity index (χ2v) is 21.1. The molecule has 21 heteroatoms. The number of nitrogens with two attached hydrogens (primary N) is 1. The molecule has 3 heterocycles. The van der Waals surface area contributed by atoms with Crippen LogP contribution in [0.1, 0.15) is 174 Å². The fourth-order valence-corrected chi connectivity index (χ4v) is 9.79. The second kappa shape index (κ2) is 35.8. The standard InChI is InChI=1S/C50H83N3O16P2/c1-3-5-7-9-11-12-13-14-15-16-17-18-19-20-21-25-30-34-46(55)66-40(37-63-45(54)33-29-26-22-24-28-32-42-41(67-42)31-27-23-10-8-6-4-2)38-64-70(59,60)69-71(61,62)65-39-43-47(56)48(57)49(68-43)53-36-35-44(51)52-50(53)58/h11-12,14-15,17-18,23,27,35-36,40-43,47-49,56-57H,3-10,13,16,19-22,24-26,28-34,37-39H2,1-2H3,(H,59,60)(H,61,62)(H2,51,52,58)/b12-11-,15-14-,18-17-,27-23-/t40-,41?,42?,43-,47-,48-,49-/m1/s1. The van der Waals surface area contributed by atoms with Crippen molar-refractivity contribution in [2.45, 2.75) is 211 Å². The fourth-order valence-electron chi connectivity index (χ4n) is 7.68. The summed E-state index contributed by atoms with van der Waals surface area (Å²) in [4.78, 5) is 62.0. The number of phosphoric ester groups is 2. The molecule has 2 fully saturated rings. The van der Waals surface area contributed by atoms with Gasteiger partial charge in [0.25, 0.3) is 0 Å². The zero-order valence-corrected chi connectivity index (χ0v) is 43.7. The van der Waals surface area contributed by atoms with Crippen LogP contribution in [-0.4, -0.2) is 97.9 Å². The first-order chi connectivity index (χ1) is 34.1. The van der Waals surface area contributed by atoms with E-state index in [1.165, 1.54) is 44.6 Å². The number of esters is 2. The van der Waals surface area contributed by atoms with Gasteiger partial charge >= 0.3 is 33.3 Å². The highest BCUT2D eigenvalue weighted by atomic mass is 31.3. The van der Waals surface area contributed by atoms with Gasteiger partial charge in [-0.2, -0.15) is 9.29 Å². The molecule has 71 heavy (non-hydrogen) atoms. The number of nitrogens with zero attached hydrogens (tertiary/aromatic N) is 2. The van der Waals surface area contributed by atoms with Crippen LogP contribution >= 0.6 is 15.6 Å². The van der Waals surface area contributed by atoms with Gasteiger partial charge in [0.05, 0.1) is 25.4 Å². The highest BCUT2D eigenvalue weighted by Crippen LogP contribution is 2.60. The molecule has 1 aromatic heterocycles. The Morgan fingerprint density at radius 1 is 0.704 bits per heavy atom. The molecule has 0 saturated carbocycles. The van der Waals surface area contributed by atoms with E-state index in [1.807, 2.05) is 0 Å². The number of anilines is 1. The average molecular weight is 1040 g/mol. The van der Waals surface area contributed by atoms with Gasteiger partial charge in [0.15, 0.2) is 12.3 Å². The summed E-state index contributed by atoms with van der Waals surface area (Å²) >= 11 is 0. The van der Waals surface area contributed by atoms with Crippen molar-refractivity contribution in [2.75, 3.05) is 25.6 Å². The third kappa shape index (κ3) is 28.1. The minimum Gasteiger partial charge on any atom is -0.462 e. The van der Waals surface area contributed by atoms with Crippen LogP contribution in [0.15, 0.2) is 65.7 Å². The lowest BCUT2D eigenvalue weighted by Crippen LogP contribution is -2.36. The van der Waals surface area contributed by atoms with Crippen molar-refractivity contribution >= 4 is 33.4 Å². The second-order valence-electron chi connectivity index (χ2n) is 18.1. The Labute approximate surface area is 420 Å². The predicted octanol–water partition coefficient (Wildman–Crippen LogP) is 9.54. The van der Waals surface area contributed by atoms with Crippen LogP contribution in [0, 0.1) is 0 Å². The summed E-state index contributed by atoms with van der Waals surface area (Å²) in [5.74, 6) is -1.35. The van der Waals surface area contributed by atoms with E-state index in [2.05, 4.69) is 71.8 Å². The lowest BCUT2D eigenvalue weighted by atomic mass is 10.1. The molecule has 0 radical (unpaired) electrons. The number of phosphoric acid groups is 2. The smallest absolute Gasteiger partial charge is 0.462 e. The van der Waals surface area contributed by atoms with Crippen LogP contribution in [0.3, 0.4) is 0 Å². The van der Waals surface area contributed by atoms with Gasteiger partial charge in [-0.25, -0.2) is 13.9 Å². The topological polar surface area (TPSA) is 278 Å². The first kappa shape index (κ1) is 62.0. The monoisotopic (exact) mass is 1040 g/mol. The third-order valence-electron chi connectivity index (χ3n) is 11.8. The van der Waals surface area contributed by atoms with Gasteiger partial charge in [0.2, 0.25) is 0 Å². The number of aromatic nitrogens is 2. The van der Waals surface area contributed by atoms with Gasteiger partial charge in [-0.05, 0) is 83.1 Å². The Hall–Kier alpha value is -3.32. The first-order valence-electron chi connectivity index (χ1n) is 25.8. The maximum absolute atomic E-state index is 12.9. The van der Waals surface area contributed by atoms with Gasteiger partial charge in [-0.1, -0.05) is 127 Å². The molecule has 0 aromatic carbocycles. The maximum Gasteiger partial charge on any atom is 0.481 e. The number of carbonyl (C=O) groups is 2. The number of allylic oxidation sites excluding steroid dienone is 7. The van der Waals surface area contributed by atoms with Crippen molar-refractivity contribution in [2.24, 2.45) is 0 Å². The van der Waals surface area contributed by atoms with Gasteiger partial charge in [0.1, 0.15) is 30.7 Å². The van der Waals surface area contributed by atoms with Crippen molar-refractivity contribution in [3.05, 3.63) is 71.4 Å². The molecule has 19 nitrogen and oxygen atoms in total. The van der Waals surface area contributed by atoms with E-state index in [0.29, 0.717) is 25.0 Å². The molecule has 3 rings (SSSR count). The minimum absolute atomic E-state index is 0.0168. The number of unbranched alkanes of at least 4 members (excludes halogenated alkanes) is 14. The predicted molar refractivity (Wildman–Crippen MR) is 270 cm³/mol. The van der Waals surface area contributed by atoms with Crippen molar-refractivity contribution in [3.8, 4) is 0 Å². The van der Waals surface area contributed by atoms with Crippen molar-refractivity contribution in [1.82, 2.24) is 9.55 Å². The molecular weight excluding hydrogens is 961 g/mol. The van der Waals surface area contributed by atoms with E-state index in [-0.39, 0.29) is 18.7 Å². The average Bonchev–Trinajstić information content (AvgIpc) is 4.02. The van der Waals surface area contributed by atoms with Crippen LogP contribution in [-0.2, 0) is 51.0 Å². The van der Waals surface area contributed by atoms with Crippen LogP contribution in [0.5, 0.6) is 0 Å². The van der Waals surface area contributed by atoms with Gasteiger partial charge in [-0.3, -0.25) is 23.2 Å². The van der Waals surface area contributed by atoms with Gasteiger partial charge < -0.3 is 44.7 Å². The number of ether oxygens (including phenoxy) is 4. The summed E-state index contributed by atoms with van der Waals surface area (Å²) < 4.78 is 62.6. The van der Waals surface area contributed by atoms with E-state index in [1.54, 1.807) is 0 Å². The zero-order valence-electron chi connectivity index (χ0n) is 42.0. The van der Waals surface area contributed by atoms with E-state index in [4.69, 9.17) is 33.7 Å². The number of aliphatic hydroxyl groups is 2. The first-order valence-corrected chi connectivity index (χ1v) is 28.8. The Morgan fingerprint density at radius 3 is 1.92 bits per heavy atom. The lowest BCUT2D eigenvalue weighted by Gasteiger charge is -2.21. The molecular formula is C50H83N3O16P2. The van der Waals surface area contributed by atoms with E-state index < -0.39 is 83.7 Å². The summed E-state index contributed by atoms with van der Waals surface area (Å²) in [7, 11) is -10.9. The summed E-state index contributed by atoms with van der Waals surface area (Å²) in [6, 6.07) is 1.24. The number of epoxide rings is 1. The largest absolute Gasteiger partial charge is 0.481 e. The van der Waals surface area contributed by atoms with Crippen LogP contribution in [0.4, 0.5) is 5.82 Å². The third-order valence-corrected chi connectivity index (χ3v) is 14.4. The van der Waals surface area contributed by atoms with Crippen molar-refractivity contribution in [3.63, 3.8) is 0 Å². The number of aliphatic hydroxyl groups excluding tert-OH is 2. The highest BCUT2D eigenvalue weighted by molar-refractivity contribution is 7.61. The number of hydrogen-bond donors (Lipinski definition) is 5. The molecule has 2 aliphatic heterocycles. The Morgan fingerprint density at radius 2 is 1.27 bits per heavy atom. The van der Waals surface area contributed by atoms with E-state index in [0.717, 1.165) is 101 Å². The molecule has 1 aromatic rings. The number of rotatable bonds is 41. The molecule has 9 atom stereocenters. The molecule has 404 valence electrons. The number of carbonyl (C=O) groups excluding carboxylic acids is 2. The SMILES string of the molecule is CCCCC/C=C\C/C=C\C/C=C\CCCCCCC(=O)O[C@H](COC(=O)CCCCCCCC1OC1C/C=C\CCCCC)COP(=O)(O)OP(=O)(O)OC[C@H]1O[C@@H](n2ccc(N)nc2=O)[C@H](O)[C@@H]1O. The molecule has 0 spiro atoms. The van der Waals surface area contributed by atoms with Gasteiger partial charge in [0, 0.05) is 19.0 Å². The number of hydrogen-bond acceptors (Lipinski definition) is 16. The fraction of sp³-hybridized carbons (Fsp3) is 0.720. The minimum atomic E-state index is -5.44. The molecule has 0 amide bonds. The van der Waals surface area contributed by atoms with E-state index >= 15 is 0 Å². The molecule has 2 saturated heterocycles. The molecule has 4 unspecified atom stereocenters. The maximum atomic E-state index is 12.9. The highest BCUT2D eigenvalue weighted by Gasteiger charge is 2.46. The Kier molecular flexibility index (Phi) is 31.2. The Bertz CT molecular complexity index is 1950. The molecule has 6 N–H and O–H groups in total.